The molecule has 1 N–H and O–H groups in total. The number of carbonyl (C=O) groups excluding carboxylic acids is 3. The molecule has 3 aromatic rings. The molecule has 0 atom stereocenters. The molecule has 1 aliphatic heterocycles. The Bertz CT molecular complexity index is 1900. The first-order valence-electron chi connectivity index (χ1n) is 17.4. The highest BCUT2D eigenvalue weighted by Gasteiger charge is 2.49. The molecule has 12 nitrogen and oxygen atoms in total. The summed E-state index contributed by atoms with van der Waals surface area (Å²) in [5, 5.41) is 4.32. The Labute approximate surface area is 315 Å². The van der Waals surface area contributed by atoms with E-state index in [1.807, 2.05) is 4.90 Å². The van der Waals surface area contributed by atoms with Crippen LogP contribution in [0.2, 0.25) is 0 Å². The minimum Gasteiger partial charge on any atom is -0.489 e. The number of hydrogen-bond donors (Lipinski definition) is 1. The molecule has 2 aliphatic rings. The summed E-state index contributed by atoms with van der Waals surface area (Å²) in [6.45, 7) is 2.15. The summed E-state index contributed by atoms with van der Waals surface area (Å²) < 4.78 is 128. The number of morpholine rings is 1. The lowest BCUT2D eigenvalue weighted by molar-refractivity contribution is -0.178. The van der Waals surface area contributed by atoms with Crippen molar-refractivity contribution in [3.05, 3.63) is 71.2 Å². The van der Waals surface area contributed by atoms with Crippen molar-refractivity contribution in [1.82, 2.24) is 24.9 Å². The van der Waals surface area contributed by atoms with E-state index in [2.05, 4.69) is 15.3 Å². The Morgan fingerprint density at radius 1 is 0.946 bits per heavy atom. The van der Waals surface area contributed by atoms with Gasteiger partial charge in [-0.15, -0.1) is 0 Å². The Morgan fingerprint density at radius 2 is 1.64 bits per heavy atom. The Morgan fingerprint density at radius 3 is 2.29 bits per heavy atom. The molecular formula is C36H38F8N6O6. The normalized spacial score (nSPS) is 16.1. The van der Waals surface area contributed by atoms with Gasteiger partial charge in [0.15, 0.2) is 11.6 Å². The van der Waals surface area contributed by atoms with Crippen molar-refractivity contribution >= 4 is 23.5 Å². The molecule has 20 heteroatoms. The van der Waals surface area contributed by atoms with E-state index in [9.17, 15) is 40.7 Å². The zero-order valence-electron chi connectivity index (χ0n) is 30.2. The van der Waals surface area contributed by atoms with E-state index >= 15 is 8.78 Å². The van der Waals surface area contributed by atoms with Gasteiger partial charge in [0.05, 0.1) is 43.8 Å². The van der Waals surface area contributed by atoms with Crippen molar-refractivity contribution in [2.75, 3.05) is 58.9 Å². The van der Waals surface area contributed by atoms with Crippen LogP contribution in [-0.2, 0) is 42.8 Å². The van der Waals surface area contributed by atoms with Crippen LogP contribution >= 0.6 is 0 Å². The molecule has 0 spiro atoms. The predicted octanol–water partition coefficient (Wildman–Crippen LogP) is 5.86. The van der Waals surface area contributed by atoms with E-state index < -0.39 is 88.5 Å². The molecule has 2 amide bonds. The molecule has 1 saturated heterocycles. The highest BCUT2D eigenvalue weighted by Crippen LogP contribution is 2.39. The second-order valence-corrected chi connectivity index (χ2v) is 13.1. The highest BCUT2D eigenvalue weighted by molar-refractivity contribution is 6.05. The fourth-order valence-electron chi connectivity index (χ4n) is 6.60. The van der Waals surface area contributed by atoms with Crippen molar-refractivity contribution in [3.63, 3.8) is 0 Å². The molecule has 1 saturated carbocycles. The number of carbonyl (C=O) groups is 3. The number of nitrogens with zero attached hydrogens (tertiary/aromatic N) is 5. The van der Waals surface area contributed by atoms with Crippen LogP contribution in [0, 0.1) is 11.6 Å². The summed E-state index contributed by atoms with van der Waals surface area (Å²) in [7, 11) is 2.48. The van der Waals surface area contributed by atoms with Gasteiger partial charge in [0, 0.05) is 37.8 Å². The number of hydrazine groups is 1. The van der Waals surface area contributed by atoms with Gasteiger partial charge in [-0.05, 0) is 43.2 Å². The number of amides is 2. The van der Waals surface area contributed by atoms with Crippen LogP contribution < -0.4 is 10.1 Å². The molecule has 0 radical (unpaired) electrons. The van der Waals surface area contributed by atoms with Crippen LogP contribution in [0.1, 0.15) is 48.9 Å². The van der Waals surface area contributed by atoms with Gasteiger partial charge in [-0.2, -0.15) is 30.7 Å². The quantitative estimate of drug-likeness (QED) is 0.0973. The average Bonchev–Trinajstić information content (AvgIpc) is 3.67. The molecular weight excluding hydrogens is 764 g/mol. The minimum absolute atomic E-state index is 0.0428. The minimum atomic E-state index is -4.98. The van der Waals surface area contributed by atoms with Gasteiger partial charge >= 0.3 is 18.3 Å². The van der Waals surface area contributed by atoms with E-state index in [-0.39, 0.29) is 30.8 Å². The summed E-state index contributed by atoms with van der Waals surface area (Å²) in [4.78, 5) is 49.3. The maximum Gasteiger partial charge on any atom is 0.433 e. The number of alkyl halides is 6. The zero-order chi connectivity index (χ0) is 40.8. The van der Waals surface area contributed by atoms with Crippen molar-refractivity contribution in [2.45, 2.75) is 56.5 Å². The van der Waals surface area contributed by atoms with Crippen molar-refractivity contribution in [3.8, 4) is 17.0 Å². The SMILES string of the molecule is COC(=O)C1(N(C)N(Cc2ccc(OCCN3CCOCC3)c(F)c2F)C(=O)CC(=O)Nc2ccc(C(F)(F)F)cc2-c2cc(C(F)(F)F)ncn2)CCCC1. The van der Waals surface area contributed by atoms with Gasteiger partial charge in [-0.25, -0.2) is 24.2 Å². The van der Waals surface area contributed by atoms with Crippen molar-refractivity contribution < 1.29 is 63.7 Å². The third kappa shape index (κ3) is 9.70. The van der Waals surface area contributed by atoms with Gasteiger partial charge in [0.1, 0.15) is 30.6 Å². The number of hydrogen-bond acceptors (Lipinski definition) is 10. The van der Waals surface area contributed by atoms with Crippen LogP contribution in [0.5, 0.6) is 5.75 Å². The summed E-state index contributed by atoms with van der Waals surface area (Å²) >= 11 is 0. The monoisotopic (exact) mass is 802 g/mol. The first-order chi connectivity index (χ1) is 26.4. The van der Waals surface area contributed by atoms with E-state index in [1.165, 1.54) is 24.2 Å². The second kappa shape index (κ2) is 17.5. The first-order valence-corrected chi connectivity index (χ1v) is 17.4. The van der Waals surface area contributed by atoms with Crippen LogP contribution in [0.3, 0.4) is 0 Å². The van der Waals surface area contributed by atoms with Crippen LogP contribution in [0.4, 0.5) is 40.8 Å². The molecule has 1 aliphatic carbocycles. The fourth-order valence-corrected chi connectivity index (χ4v) is 6.60. The Balaban J connectivity index is 1.41. The number of esters is 1. The summed E-state index contributed by atoms with van der Waals surface area (Å²) in [5.74, 6) is -6.01. The number of benzene rings is 2. The zero-order valence-corrected chi connectivity index (χ0v) is 30.2. The third-order valence-corrected chi connectivity index (χ3v) is 9.65. The summed E-state index contributed by atoms with van der Waals surface area (Å²) in [6, 6.07) is 4.59. The van der Waals surface area contributed by atoms with Crippen molar-refractivity contribution in [1.29, 1.82) is 0 Å². The standard InChI is InChI=1S/C36H38F8N6O6/c1-48(34(33(53)54-2)9-3-4-10-34)50(20-22-5-8-27(32(38)31(22)37)56-16-13-49-11-14-55-15-12-49)30(52)19-29(51)47-25-7-6-23(35(39,40)41)17-24(25)26-18-28(36(42,43)44)46-21-45-26/h5-8,17-18,21H,3-4,9-16,19-20H2,1-2H3,(H,47,51). The molecule has 304 valence electrons. The molecule has 2 heterocycles. The van der Waals surface area contributed by atoms with Crippen molar-refractivity contribution in [2.24, 2.45) is 0 Å². The van der Waals surface area contributed by atoms with Gasteiger partial charge < -0.3 is 19.5 Å². The molecule has 2 aromatic carbocycles. The first kappa shape index (κ1) is 42.2. The summed E-state index contributed by atoms with van der Waals surface area (Å²) in [5.41, 5.74) is -6.14. The number of nitrogens with one attached hydrogen (secondary N) is 1. The number of rotatable bonds is 13. The van der Waals surface area contributed by atoms with Gasteiger partial charge in [0.25, 0.3) is 0 Å². The van der Waals surface area contributed by atoms with E-state index in [4.69, 9.17) is 14.2 Å². The smallest absolute Gasteiger partial charge is 0.433 e. The molecule has 5 rings (SSSR count). The number of ether oxygens (including phenoxy) is 3. The van der Waals surface area contributed by atoms with Gasteiger partial charge in [-0.3, -0.25) is 19.5 Å². The number of likely N-dealkylation sites (N-methyl/N-ethyl adjacent to an activating group) is 1. The largest absolute Gasteiger partial charge is 0.489 e. The third-order valence-electron chi connectivity index (χ3n) is 9.65. The predicted molar refractivity (Wildman–Crippen MR) is 181 cm³/mol. The van der Waals surface area contributed by atoms with E-state index in [1.54, 1.807) is 0 Å². The van der Waals surface area contributed by atoms with Gasteiger partial charge in [0.2, 0.25) is 17.6 Å². The van der Waals surface area contributed by atoms with Gasteiger partial charge in [-0.1, -0.05) is 18.9 Å². The lowest BCUT2D eigenvalue weighted by atomic mass is 9.97. The second-order valence-electron chi connectivity index (χ2n) is 13.1. The van der Waals surface area contributed by atoms with Crippen LogP contribution in [0.25, 0.3) is 11.3 Å². The lowest BCUT2D eigenvalue weighted by Crippen LogP contribution is -2.60. The molecule has 0 bridgehead atoms. The Hall–Kier alpha value is -4.95. The maximum atomic E-state index is 15.6. The summed E-state index contributed by atoms with van der Waals surface area (Å²) in [6.07, 6.45) is -9.01. The number of methoxy groups -OCH3 is 1. The van der Waals surface area contributed by atoms with Crippen LogP contribution in [0.15, 0.2) is 42.7 Å². The molecule has 1 aromatic heterocycles. The fraction of sp³-hybridized carbons (Fsp3) is 0.472. The lowest BCUT2D eigenvalue weighted by Gasteiger charge is -2.43. The highest BCUT2D eigenvalue weighted by atomic mass is 19.4. The topological polar surface area (TPSA) is 126 Å². The molecule has 2 fully saturated rings. The van der Waals surface area contributed by atoms with E-state index in [0.29, 0.717) is 70.2 Å². The number of halogens is 8. The number of aromatic nitrogens is 2. The molecule has 56 heavy (non-hydrogen) atoms. The molecule has 0 unspecified atom stereocenters. The average molecular weight is 803 g/mol. The Kier molecular flexibility index (Phi) is 13.2. The maximum absolute atomic E-state index is 15.6. The van der Waals surface area contributed by atoms with E-state index in [0.717, 1.165) is 18.2 Å². The number of anilines is 1. The van der Waals surface area contributed by atoms with Crippen LogP contribution in [-0.4, -0.2) is 102 Å².